The van der Waals surface area contributed by atoms with Crippen molar-refractivity contribution in [1.82, 2.24) is 20.1 Å². The van der Waals surface area contributed by atoms with Gasteiger partial charge in [-0.3, -0.25) is 0 Å². The number of hydrogen-bond donors (Lipinski definition) is 2. The van der Waals surface area contributed by atoms with E-state index in [9.17, 15) is 5.11 Å². The van der Waals surface area contributed by atoms with Crippen LogP contribution >= 0.6 is 11.8 Å². The van der Waals surface area contributed by atoms with Crippen LogP contribution < -0.4 is 5.32 Å². The molecule has 0 saturated heterocycles. The Morgan fingerprint density at radius 2 is 2.28 bits per heavy atom. The summed E-state index contributed by atoms with van der Waals surface area (Å²) < 4.78 is 2.22. The van der Waals surface area contributed by atoms with E-state index in [2.05, 4.69) is 20.1 Å². The molecule has 1 unspecified atom stereocenters. The summed E-state index contributed by atoms with van der Waals surface area (Å²) in [6, 6.07) is 0. The van der Waals surface area contributed by atoms with E-state index in [0.29, 0.717) is 12.3 Å². The van der Waals surface area contributed by atoms with Gasteiger partial charge in [-0.05, 0) is 19.4 Å². The molecule has 1 aliphatic rings. The van der Waals surface area contributed by atoms with Gasteiger partial charge in [0.2, 0.25) is 0 Å². The van der Waals surface area contributed by atoms with Crippen molar-refractivity contribution < 1.29 is 5.11 Å². The molecule has 2 heterocycles. The van der Waals surface area contributed by atoms with Gasteiger partial charge in [-0.1, -0.05) is 25.1 Å². The molecule has 102 valence electrons. The van der Waals surface area contributed by atoms with Gasteiger partial charge in [-0.15, -0.1) is 10.2 Å². The summed E-state index contributed by atoms with van der Waals surface area (Å²) in [7, 11) is 0. The lowest BCUT2D eigenvalue weighted by atomic mass is 10.2. The van der Waals surface area contributed by atoms with Gasteiger partial charge in [-0.25, -0.2) is 0 Å². The minimum Gasteiger partial charge on any atom is -0.391 e. The van der Waals surface area contributed by atoms with Crippen LogP contribution in [0.25, 0.3) is 0 Å². The highest BCUT2D eigenvalue weighted by Gasteiger charge is 2.15. The van der Waals surface area contributed by atoms with Gasteiger partial charge >= 0.3 is 0 Å². The molecule has 1 aromatic rings. The van der Waals surface area contributed by atoms with E-state index in [-0.39, 0.29) is 6.10 Å². The molecule has 18 heavy (non-hydrogen) atoms. The maximum Gasteiger partial charge on any atom is 0.191 e. The Balaban J connectivity index is 1.87. The van der Waals surface area contributed by atoms with Gasteiger partial charge < -0.3 is 15.0 Å². The van der Waals surface area contributed by atoms with E-state index < -0.39 is 0 Å². The van der Waals surface area contributed by atoms with Crippen molar-refractivity contribution in [3.05, 3.63) is 5.82 Å². The lowest BCUT2D eigenvalue weighted by Crippen LogP contribution is -2.28. The number of aromatic nitrogens is 3. The molecule has 1 atom stereocenters. The first-order valence-corrected chi connectivity index (χ1v) is 7.73. The minimum absolute atomic E-state index is 0.325. The third-order valence-electron chi connectivity index (χ3n) is 3.11. The van der Waals surface area contributed by atoms with Crippen molar-refractivity contribution in [3.8, 4) is 0 Å². The van der Waals surface area contributed by atoms with E-state index in [1.165, 1.54) is 19.3 Å². The Bertz CT molecular complexity index is 369. The van der Waals surface area contributed by atoms with Crippen molar-refractivity contribution in [3.63, 3.8) is 0 Å². The van der Waals surface area contributed by atoms with Crippen LogP contribution in [0.15, 0.2) is 5.16 Å². The summed E-state index contributed by atoms with van der Waals surface area (Å²) in [4.78, 5) is 0. The summed E-state index contributed by atoms with van der Waals surface area (Å²) in [6.45, 7) is 4.60. The van der Waals surface area contributed by atoms with E-state index in [1.807, 2.05) is 6.92 Å². The number of rotatable bonds is 6. The van der Waals surface area contributed by atoms with Gasteiger partial charge in [-0.2, -0.15) is 0 Å². The first-order valence-electron chi connectivity index (χ1n) is 6.75. The second-order valence-electron chi connectivity index (χ2n) is 4.63. The lowest BCUT2D eigenvalue weighted by Gasteiger charge is -2.11. The number of aryl methyl sites for hydroxylation is 1. The maximum atomic E-state index is 9.80. The van der Waals surface area contributed by atoms with Crippen LogP contribution in [0.3, 0.4) is 0 Å². The fraction of sp³-hybridized carbons (Fsp3) is 0.833. The predicted molar refractivity (Wildman–Crippen MR) is 72.9 cm³/mol. The summed E-state index contributed by atoms with van der Waals surface area (Å²) in [5.41, 5.74) is 0. The summed E-state index contributed by atoms with van der Waals surface area (Å²) in [5.74, 6) is 1.78. The van der Waals surface area contributed by atoms with Crippen LogP contribution in [0.1, 0.15) is 32.0 Å². The van der Waals surface area contributed by atoms with Crippen LogP contribution in [-0.4, -0.2) is 44.8 Å². The second kappa shape index (κ2) is 7.11. The highest BCUT2D eigenvalue weighted by Crippen LogP contribution is 2.22. The Morgan fingerprint density at radius 1 is 1.39 bits per heavy atom. The van der Waals surface area contributed by atoms with E-state index in [4.69, 9.17) is 0 Å². The molecular formula is C12H22N4OS. The van der Waals surface area contributed by atoms with Crippen LogP contribution in [0.5, 0.6) is 0 Å². The van der Waals surface area contributed by atoms with Gasteiger partial charge in [0.1, 0.15) is 5.82 Å². The molecule has 0 aromatic carbocycles. The Morgan fingerprint density at radius 3 is 3.11 bits per heavy atom. The van der Waals surface area contributed by atoms with Gasteiger partial charge in [0.15, 0.2) is 5.16 Å². The molecule has 0 fully saturated rings. The van der Waals surface area contributed by atoms with Gasteiger partial charge in [0.25, 0.3) is 0 Å². The largest absolute Gasteiger partial charge is 0.391 e. The average Bonchev–Trinajstić information content (AvgIpc) is 2.61. The molecule has 0 aliphatic carbocycles. The second-order valence-corrected chi connectivity index (χ2v) is 5.62. The van der Waals surface area contributed by atoms with Gasteiger partial charge in [0.05, 0.1) is 6.10 Å². The molecule has 5 nitrogen and oxygen atoms in total. The van der Waals surface area contributed by atoms with Crippen molar-refractivity contribution in [2.45, 2.75) is 50.4 Å². The lowest BCUT2D eigenvalue weighted by molar-refractivity contribution is 0.196. The fourth-order valence-corrected chi connectivity index (χ4v) is 3.02. The maximum absolute atomic E-state index is 9.80. The Kier molecular flexibility index (Phi) is 5.46. The van der Waals surface area contributed by atoms with Crippen molar-refractivity contribution >= 4 is 11.8 Å². The molecule has 0 bridgehead atoms. The topological polar surface area (TPSA) is 63.0 Å². The van der Waals surface area contributed by atoms with E-state index >= 15 is 0 Å². The zero-order valence-electron chi connectivity index (χ0n) is 10.9. The molecule has 2 N–H and O–H groups in total. The average molecular weight is 270 g/mol. The number of thioether (sulfide) groups is 1. The highest BCUT2D eigenvalue weighted by atomic mass is 32.2. The SMILES string of the molecule is CCNCC(O)CSc1nnc2n1CCCCC2. The fourth-order valence-electron chi connectivity index (χ4n) is 2.11. The van der Waals surface area contributed by atoms with Crippen LogP contribution in [0.2, 0.25) is 0 Å². The molecule has 1 aromatic heterocycles. The molecule has 6 heteroatoms. The first-order chi connectivity index (χ1) is 8.81. The van der Waals surface area contributed by atoms with E-state index in [0.717, 1.165) is 30.5 Å². The number of nitrogens with one attached hydrogen (secondary N) is 1. The molecular weight excluding hydrogens is 248 g/mol. The zero-order chi connectivity index (χ0) is 12.8. The normalized spacial score (nSPS) is 17.2. The number of hydrogen-bond acceptors (Lipinski definition) is 5. The van der Waals surface area contributed by atoms with Gasteiger partial charge in [0, 0.05) is 25.3 Å². The third-order valence-corrected chi connectivity index (χ3v) is 4.22. The Labute approximate surface area is 112 Å². The minimum atomic E-state index is -0.325. The summed E-state index contributed by atoms with van der Waals surface area (Å²) >= 11 is 1.61. The molecule has 0 saturated carbocycles. The molecule has 2 rings (SSSR count). The first kappa shape index (κ1) is 13.8. The monoisotopic (exact) mass is 270 g/mol. The Hall–Kier alpha value is -0.590. The standard InChI is InChI=1S/C12H22N4OS/c1-2-13-8-10(17)9-18-12-15-14-11-6-4-3-5-7-16(11)12/h10,13,17H,2-9H2,1H3. The van der Waals surface area contributed by atoms with Crippen molar-refractivity contribution in [1.29, 1.82) is 0 Å². The summed E-state index contributed by atoms with van der Waals surface area (Å²) in [5, 5.41) is 22.4. The smallest absolute Gasteiger partial charge is 0.191 e. The van der Waals surface area contributed by atoms with E-state index in [1.54, 1.807) is 11.8 Å². The predicted octanol–water partition coefficient (Wildman–Crippen LogP) is 1.07. The van der Waals surface area contributed by atoms with Crippen LogP contribution in [0.4, 0.5) is 0 Å². The number of fused-ring (bicyclic) bond motifs is 1. The number of aliphatic hydroxyl groups is 1. The zero-order valence-corrected chi connectivity index (χ0v) is 11.7. The van der Waals surface area contributed by atoms with Crippen LogP contribution in [-0.2, 0) is 13.0 Å². The number of aliphatic hydroxyl groups excluding tert-OH is 1. The van der Waals surface area contributed by atoms with Crippen LogP contribution in [0, 0.1) is 0 Å². The molecule has 0 amide bonds. The third kappa shape index (κ3) is 3.70. The molecule has 0 radical (unpaired) electrons. The number of likely N-dealkylation sites (N-methyl/N-ethyl adjacent to an activating group) is 1. The number of nitrogens with zero attached hydrogens (tertiary/aromatic N) is 3. The quantitative estimate of drug-likeness (QED) is 0.757. The molecule has 1 aliphatic heterocycles. The van der Waals surface area contributed by atoms with Crippen molar-refractivity contribution in [2.75, 3.05) is 18.8 Å². The molecule has 0 spiro atoms. The van der Waals surface area contributed by atoms with Crippen molar-refractivity contribution in [2.24, 2.45) is 0 Å². The highest BCUT2D eigenvalue weighted by molar-refractivity contribution is 7.99. The summed E-state index contributed by atoms with van der Waals surface area (Å²) in [6.07, 6.45) is 4.41.